The highest BCUT2D eigenvalue weighted by atomic mass is 32.2. The summed E-state index contributed by atoms with van der Waals surface area (Å²) in [6.07, 6.45) is 0. The molecule has 1 amide bonds. The molecule has 0 spiro atoms. The van der Waals surface area contributed by atoms with Gasteiger partial charge in [-0.2, -0.15) is 4.31 Å². The summed E-state index contributed by atoms with van der Waals surface area (Å²) in [7, 11) is -3.72. The number of nitrogens with zero attached hydrogens (tertiary/aromatic N) is 1. The predicted molar refractivity (Wildman–Crippen MR) is 80.1 cm³/mol. The molecule has 1 aliphatic heterocycles. The highest BCUT2D eigenvalue weighted by Crippen LogP contribution is 2.27. The first-order chi connectivity index (χ1) is 9.71. The first kappa shape index (κ1) is 15.9. The summed E-state index contributed by atoms with van der Waals surface area (Å²) in [6, 6.07) is 4.88. The van der Waals surface area contributed by atoms with Crippen LogP contribution in [0.5, 0.6) is 0 Å². The fourth-order valence-corrected chi connectivity index (χ4v) is 4.32. The number of carbonyl (C=O) groups excluding carboxylic acids is 1. The number of amides is 1. The molecule has 1 aliphatic rings. The van der Waals surface area contributed by atoms with Gasteiger partial charge in [0.15, 0.2) is 0 Å². The van der Waals surface area contributed by atoms with Gasteiger partial charge in [-0.25, -0.2) is 8.42 Å². The molecule has 1 saturated heterocycles. The second kappa shape index (κ2) is 5.40. The maximum Gasteiger partial charge on any atom is 0.244 e. The summed E-state index contributed by atoms with van der Waals surface area (Å²) >= 11 is 0. The van der Waals surface area contributed by atoms with E-state index in [9.17, 15) is 13.2 Å². The van der Waals surface area contributed by atoms with Gasteiger partial charge in [0.05, 0.1) is 4.90 Å². The zero-order valence-corrected chi connectivity index (χ0v) is 13.3. The van der Waals surface area contributed by atoms with Gasteiger partial charge >= 0.3 is 0 Å². The molecule has 0 unspecified atom stereocenters. The van der Waals surface area contributed by atoms with Crippen molar-refractivity contribution in [2.75, 3.05) is 13.1 Å². The number of hydrogen-bond acceptors (Lipinski definition) is 4. The molecule has 0 atom stereocenters. The van der Waals surface area contributed by atoms with Crippen molar-refractivity contribution in [2.24, 2.45) is 5.73 Å². The molecule has 1 heterocycles. The molecule has 116 valence electrons. The number of hydrogen-bond donors (Lipinski definition) is 2. The van der Waals surface area contributed by atoms with Crippen molar-refractivity contribution in [3.8, 4) is 0 Å². The molecule has 0 saturated carbocycles. The smallest absolute Gasteiger partial charge is 0.244 e. The fraction of sp³-hybridized carbons (Fsp3) is 0.500. The van der Waals surface area contributed by atoms with E-state index in [0.29, 0.717) is 13.1 Å². The molecule has 2 rings (SSSR count). The molecular formula is C14H21N3O3S. The van der Waals surface area contributed by atoms with Gasteiger partial charge < -0.3 is 11.1 Å². The van der Waals surface area contributed by atoms with Crippen LogP contribution in [0.1, 0.15) is 25.0 Å². The number of aryl methyl sites for hydroxylation is 1. The van der Waals surface area contributed by atoms with Gasteiger partial charge in [-0.15, -0.1) is 0 Å². The molecular weight excluding hydrogens is 290 g/mol. The minimum absolute atomic E-state index is 0.194. The molecule has 1 aromatic rings. The lowest BCUT2D eigenvalue weighted by Gasteiger charge is -2.39. The van der Waals surface area contributed by atoms with Crippen molar-refractivity contribution in [1.82, 2.24) is 9.62 Å². The number of nitrogens with one attached hydrogen (secondary N) is 1. The maximum absolute atomic E-state index is 12.8. The number of carbonyl (C=O) groups is 1. The molecule has 0 radical (unpaired) electrons. The number of rotatable bonds is 3. The minimum atomic E-state index is -3.72. The van der Waals surface area contributed by atoms with Gasteiger partial charge in [0.1, 0.15) is 5.54 Å². The largest absolute Gasteiger partial charge is 0.353 e. The topological polar surface area (TPSA) is 92.5 Å². The summed E-state index contributed by atoms with van der Waals surface area (Å²) in [6.45, 7) is 6.00. The summed E-state index contributed by atoms with van der Waals surface area (Å²) < 4.78 is 26.9. The van der Waals surface area contributed by atoms with E-state index in [1.807, 2.05) is 6.92 Å². The standard InChI is InChI=1S/C14H21N3O3S/c1-10-8-12(5-4-11(10)9-15)21(19,20)17-7-6-16-13(18)14(17,2)3/h4-5,8H,6-7,9,15H2,1-3H3,(H,16,18). The van der Waals surface area contributed by atoms with Crippen molar-refractivity contribution in [1.29, 1.82) is 0 Å². The average molecular weight is 311 g/mol. The van der Waals surface area contributed by atoms with Crippen LogP contribution in [0.25, 0.3) is 0 Å². The molecule has 3 N–H and O–H groups in total. The van der Waals surface area contributed by atoms with Crippen LogP contribution in [-0.4, -0.2) is 37.3 Å². The molecule has 6 nitrogen and oxygen atoms in total. The van der Waals surface area contributed by atoms with Gasteiger partial charge in [0, 0.05) is 19.6 Å². The zero-order valence-electron chi connectivity index (χ0n) is 12.5. The third kappa shape index (κ3) is 2.68. The minimum Gasteiger partial charge on any atom is -0.353 e. The van der Waals surface area contributed by atoms with Gasteiger partial charge in [-0.05, 0) is 44.0 Å². The molecule has 1 fully saturated rings. The number of benzene rings is 1. The van der Waals surface area contributed by atoms with Gasteiger partial charge in [-0.1, -0.05) is 6.07 Å². The second-order valence-corrected chi connectivity index (χ2v) is 7.55. The Kier molecular flexibility index (Phi) is 4.10. The second-order valence-electron chi connectivity index (χ2n) is 5.68. The SMILES string of the molecule is Cc1cc(S(=O)(=O)N2CCNC(=O)C2(C)C)ccc1CN. The summed E-state index contributed by atoms with van der Waals surface area (Å²) in [5, 5.41) is 2.69. The molecule has 21 heavy (non-hydrogen) atoms. The molecule has 0 aromatic heterocycles. The molecule has 7 heteroatoms. The number of nitrogens with two attached hydrogens (primary N) is 1. The Morgan fingerprint density at radius 2 is 2.05 bits per heavy atom. The quantitative estimate of drug-likeness (QED) is 0.842. The molecule has 1 aromatic carbocycles. The number of piperazine rings is 1. The lowest BCUT2D eigenvalue weighted by atomic mass is 10.0. The van der Waals surface area contributed by atoms with Crippen LogP contribution in [0, 0.1) is 6.92 Å². The van der Waals surface area contributed by atoms with E-state index < -0.39 is 15.6 Å². The molecule has 0 bridgehead atoms. The predicted octanol–water partition coefficient (Wildman–Crippen LogP) is 0.353. The fourth-order valence-electron chi connectivity index (χ4n) is 2.49. The van der Waals surface area contributed by atoms with E-state index in [1.54, 1.807) is 32.0 Å². The highest BCUT2D eigenvalue weighted by Gasteiger charge is 2.44. The average Bonchev–Trinajstić information content (AvgIpc) is 2.41. The van der Waals surface area contributed by atoms with Crippen molar-refractivity contribution in [3.05, 3.63) is 29.3 Å². The van der Waals surface area contributed by atoms with E-state index in [0.717, 1.165) is 11.1 Å². The zero-order chi connectivity index (χ0) is 15.8. The van der Waals surface area contributed by atoms with Crippen molar-refractivity contribution in [3.63, 3.8) is 0 Å². The van der Waals surface area contributed by atoms with E-state index >= 15 is 0 Å². The van der Waals surface area contributed by atoms with Crippen molar-refractivity contribution >= 4 is 15.9 Å². The van der Waals surface area contributed by atoms with Crippen LogP contribution in [-0.2, 0) is 21.4 Å². The Morgan fingerprint density at radius 3 is 2.62 bits per heavy atom. The van der Waals surface area contributed by atoms with E-state index in [1.165, 1.54) is 4.31 Å². The summed E-state index contributed by atoms with van der Waals surface area (Å²) in [4.78, 5) is 12.1. The Labute approximate surface area is 125 Å². The van der Waals surface area contributed by atoms with Crippen molar-refractivity contribution < 1.29 is 13.2 Å². The van der Waals surface area contributed by atoms with E-state index in [-0.39, 0.29) is 17.3 Å². The van der Waals surface area contributed by atoms with Crippen LogP contribution >= 0.6 is 0 Å². The Bertz CT molecular complexity index is 668. The number of sulfonamides is 1. The van der Waals surface area contributed by atoms with Crippen LogP contribution in [0.15, 0.2) is 23.1 Å². The lowest BCUT2D eigenvalue weighted by molar-refractivity contribution is -0.131. The van der Waals surface area contributed by atoms with Gasteiger partial charge in [0.25, 0.3) is 0 Å². The summed E-state index contributed by atoms with van der Waals surface area (Å²) in [5.74, 6) is -0.285. The lowest BCUT2D eigenvalue weighted by Crippen LogP contribution is -2.63. The van der Waals surface area contributed by atoms with Crippen LogP contribution in [0.2, 0.25) is 0 Å². The van der Waals surface area contributed by atoms with E-state index in [2.05, 4.69) is 5.32 Å². The first-order valence-electron chi connectivity index (χ1n) is 6.82. The monoisotopic (exact) mass is 311 g/mol. The summed E-state index contributed by atoms with van der Waals surface area (Å²) in [5.41, 5.74) is 6.24. The first-order valence-corrected chi connectivity index (χ1v) is 8.26. The van der Waals surface area contributed by atoms with Crippen LogP contribution in [0.3, 0.4) is 0 Å². The van der Waals surface area contributed by atoms with Gasteiger partial charge in [0.2, 0.25) is 15.9 Å². The van der Waals surface area contributed by atoms with Gasteiger partial charge in [-0.3, -0.25) is 4.79 Å². The Morgan fingerprint density at radius 1 is 1.38 bits per heavy atom. The maximum atomic E-state index is 12.8. The third-order valence-electron chi connectivity index (χ3n) is 3.90. The van der Waals surface area contributed by atoms with Crippen molar-refractivity contribution in [2.45, 2.75) is 37.8 Å². The molecule has 0 aliphatic carbocycles. The van der Waals surface area contributed by atoms with Crippen LogP contribution < -0.4 is 11.1 Å². The van der Waals surface area contributed by atoms with E-state index in [4.69, 9.17) is 5.73 Å². The van der Waals surface area contributed by atoms with Crippen LogP contribution in [0.4, 0.5) is 0 Å². The third-order valence-corrected chi connectivity index (χ3v) is 5.97. The Hall–Kier alpha value is -1.44. The highest BCUT2D eigenvalue weighted by molar-refractivity contribution is 7.89. The normalized spacial score (nSPS) is 19.3. The Balaban J connectivity index is 2.46.